The van der Waals surface area contributed by atoms with Crippen LogP contribution in [0.3, 0.4) is 0 Å². The van der Waals surface area contributed by atoms with E-state index in [-0.39, 0.29) is 18.0 Å². The second-order valence-electron chi connectivity index (χ2n) is 6.15. The van der Waals surface area contributed by atoms with E-state index < -0.39 is 0 Å². The van der Waals surface area contributed by atoms with Gasteiger partial charge in [-0.05, 0) is 29.8 Å². The fraction of sp³-hybridized carbons (Fsp3) is 0.158. The van der Waals surface area contributed by atoms with Crippen molar-refractivity contribution in [2.24, 2.45) is 0 Å². The molecule has 0 radical (unpaired) electrons. The van der Waals surface area contributed by atoms with Crippen LogP contribution in [0.2, 0.25) is 0 Å². The molecule has 0 aliphatic carbocycles. The summed E-state index contributed by atoms with van der Waals surface area (Å²) in [6.45, 7) is 0.606. The van der Waals surface area contributed by atoms with Crippen molar-refractivity contribution in [2.75, 3.05) is 12.4 Å². The average molecular weight is 408 g/mol. The van der Waals surface area contributed by atoms with Crippen molar-refractivity contribution in [1.29, 1.82) is 0 Å². The number of ether oxygens (including phenoxy) is 1. The Morgan fingerprint density at radius 3 is 2.69 bits per heavy atom. The first kappa shape index (κ1) is 18.8. The topological polar surface area (TPSA) is 112 Å². The summed E-state index contributed by atoms with van der Waals surface area (Å²) in [5.74, 6) is -0.292. The largest absolute Gasteiger partial charge is 0.377 e. The van der Waals surface area contributed by atoms with Crippen LogP contribution in [-0.2, 0) is 17.9 Å². The van der Waals surface area contributed by atoms with E-state index in [4.69, 9.17) is 4.74 Å². The minimum Gasteiger partial charge on any atom is -0.377 e. The predicted octanol–water partition coefficient (Wildman–Crippen LogP) is 2.09. The Morgan fingerprint density at radius 2 is 1.90 bits per heavy atom. The van der Waals surface area contributed by atoms with Gasteiger partial charge in [-0.3, -0.25) is 14.9 Å². The normalized spacial score (nSPS) is 10.9. The van der Waals surface area contributed by atoms with E-state index in [9.17, 15) is 9.59 Å². The third kappa shape index (κ3) is 4.18. The van der Waals surface area contributed by atoms with E-state index in [1.54, 1.807) is 49.6 Å². The number of fused-ring (bicyclic) bond motifs is 1. The Morgan fingerprint density at radius 1 is 1.10 bits per heavy atom. The molecule has 4 aromatic rings. The van der Waals surface area contributed by atoms with Gasteiger partial charge >= 0.3 is 0 Å². The van der Waals surface area contributed by atoms with Gasteiger partial charge in [0, 0.05) is 12.7 Å². The van der Waals surface area contributed by atoms with Crippen molar-refractivity contribution in [3.05, 3.63) is 75.0 Å². The van der Waals surface area contributed by atoms with Crippen molar-refractivity contribution in [3.8, 4) is 0 Å². The summed E-state index contributed by atoms with van der Waals surface area (Å²) in [6, 6.07) is 14.0. The highest BCUT2D eigenvalue weighted by molar-refractivity contribution is 7.15. The zero-order chi connectivity index (χ0) is 20.2. The third-order valence-corrected chi connectivity index (χ3v) is 4.95. The number of methoxy groups -OCH3 is 1. The van der Waals surface area contributed by atoms with Crippen molar-refractivity contribution in [2.45, 2.75) is 13.2 Å². The van der Waals surface area contributed by atoms with E-state index in [2.05, 4.69) is 25.8 Å². The second-order valence-corrected chi connectivity index (χ2v) is 7.22. The number of anilines is 1. The number of nitrogens with one attached hydrogen (secondary N) is 1. The SMILES string of the molecule is COCc1nnc(NC(=O)c2ccc(Cn3nnc4ccccc4c3=O)cc2)s1. The summed E-state index contributed by atoms with van der Waals surface area (Å²) >= 11 is 1.26. The van der Waals surface area contributed by atoms with Gasteiger partial charge in [-0.25, -0.2) is 4.68 Å². The summed E-state index contributed by atoms with van der Waals surface area (Å²) < 4.78 is 6.29. The highest BCUT2D eigenvalue weighted by Gasteiger charge is 2.11. The molecule has 0 saturated carbocycles. The van der Waals surface area contributed by atoms with Crippen LogP contribution < -0.4 is 10.9 Å². The number of rotatable bonds is 6. The van der Waals surface area contributed by atoms with Crippen LogP contribution in [0, 0.1) is 0 Å². The van der Waals surface area contributed by atoms with Gasteiger partial charge < -0.3 is 4.74 Å². The summed E-state index contributed by atoms with van der Waals surface area (Å²) in [4.78, 5) is 24.9. The molecule has 4 rings (SSSR count). The number of hydrogen-bond acceptors (Lipinski definition) is 8. The van der Waals surface area contributed by atoms with Crippen molar-refractivity contribution < 1.29 is 9.53 Å². The molecule has 0 atom stereocenters. The Kier molecular flexibility index (Phi) is 5.36. The summed E-state index contributed by atoms with van der Waals surface area (Å²) in [5, 5.41) is 20.2. The fourth-order valence-corrected chi connectivity index (χ4v) is 3.42. The van der Waals surface area contributed by atoms with Crippen molar-refractivity contribution >= 4 is 33.3 Å². The van der Waals surface area contributed by atoms with Crippen LogP contribution >= 0.6 is 11.3 Å². The Labute approximate surface area is 169 Å². The van der Waals surface area contributed by atoms with E-state index in [0.29, 0.717) is 33.2 Å². The fourth-order valence-electron chi connectivity index (χ4n) is 2.72. The molecule has 0 aliphatic heterocycles. The van der Waals surface area contributed by atoms with Crippen molar-refractivity contribution in [1.82, 2.24) is 25.2 Å². The third-order valence-electron chi connectivity index (χ3n) is 4.13. The van der Waals surface area contributed by atoms with Gasteiger partial charge in [-0.15, -0.1) is 15.3 Å². The van der Waals surface area contributed by atoms with E-state index in [0.717, 1.165) is 5.56 Å². The predicted molar refractivity (Wildman–Crippen MR) is 108 cm³/mol. The lowest BCUT2D eigenvalue weighted by Gasteiger charge is -2.06. The highest BCUT2D eigenvalue weighted by Crippen LogP contribution is 2.17. The maximum absolute atomic E-state index is 12.5. The summed E-state index contributed by atoms with van der Waals surface area (Å²) in [5.41, 5.74) is 1.65. The van der Waals surface area contributed by atoms with Gasteiger partial charge in [0.2, 0.25) is 5.13 Å². The number of benzene rings is 2. The van der Waals surface area contributed by atoms with E-state index in [1.165, 1.54) is 16.0 Å². The van der Waals surface area contributed by atoms with Gasteiger partial charge in [-0.2, -0.15) is 0 Å². The Bertz CT molecular complexity index is 1220. The van der Waals surface area contributed by atoms with Crippen LogP contribution in [0.5, 0.6) is 0 Å². The molecule has 0 fully saturated rings. The second kappa shape index (κ2) is 8.25. The lowest BCUT2D eigenvalue weighted by atomic mass is 10.1. The van der Waals surface area contributed by atoms with Gasteiger partial charge in [0.05, 0.1) is 11.9 Å². The molecule has 1 amide bonds. The molecule has 2 aromatic carbocycles. The zero-order valence-corrected chi connectivity index (χ0v) is 16.2. The molecular formula is C19H16N6O3S. The molecule has 0 bridgehead atoms. The standard InChI is InChI=1S/C19H16N6O3S/c1-28-11-16-22-23-19(29-16)20-17(26)13-8-6-12(7-9-13)10-25-18(27)14-4-2-3-5-15(14)21-24-25/h2-9H,10-11H2,1H3,(H,20,23,26). The Balaban J connectivity index is 1.47. The van der Waals surface area contributed by atoms with Crippen LogP contribution in [-0.4, -0.2) is 38.2 Å². The zero-order valence-electron chi connectivity index (χ0n) is 15.4. The number of nitrogens with zero attached hydrogens (tertiary/aromatic N) is 5. The van der Waals surface area contributed by atoms with E-state index >= 15 is 0 Å². The molecule has 0 aliphatic rings. The van der Waals surface area contributed by atoms with Crippen LogP contribution in [0.4, 0.5) is 5.13 Å². The smallest absolute Gasteiger partial charge is 0.277 e. The minimum atomic E-state index is -0.292. The monoisotopic (exact) mass is 408 g/mol. The van der Waals surface area contributed by atoms with E-state index in [1.807, 2.05) is 6.07 Å². The van der Waals surface area contributed by atoms with Gasteiger partial charge in [0.15, 0.2) is 0 Å². The van der Waals surface area contributed by atoms with Crippen LogP contribution in [0.15, 0.2) is 53.3 Å². The molecule has 1 N–H and O–H groups in total. The molecule has 2 heterocycles. The number of amides is 1. The lowest BCUT2D eigenvalue weighted by Crippen LogP contribution is -2.24. The number of hydrogen-bond donors (Lipinski definition) is 1. The summed E-state index contributed by atoms with van der Waals surface area (Å²) in [6.07, 6.45) is 0. The van der Waals surface area contributed by atoms with Gasteiger partial charge in [0.25, 0.3) is 11.5 Å². The first-order valence-electron chi connectivity index (χ1n) is 8.68. The minimum absolute atomic E-state index is 0.208. The number of carbonyl (C=O) groups excluding carboxylic acids is 1. The van der Waals surface area contributed by atoms with Crippen molar-refractivity contribution in [3.63, 3.8) is 0 Å². The quantitative estimate of drug-likeness (QED) is 0.520. The average Bonchev–Trinajstić information content (AvgIpc) is 3.18. The molecule has 9 nitrogen and oxygen atoms in total. The lowest BCUT2D eigenvalue weighted by molar-refractivity contribution is 0.102. The molecule has 0 unspecified atom stereocenters. The molecule has 29 heavy (non-hydrogen) atoms. The highest BCUT2D eigenvalue weighted by atomic mass is 32.1. The van der Waals surface area contributed by atoms with Crippen LogP contribution in [0.25, 0.3) is 10.9 Å². The number of aromatic nitrogens is 5. The summed E-state index contributed by atoms with van der Waals surface area (Å²) in [7, 11) is 1.57. The van der Waals surface area contributed by atoms with Gasteiger partial charge in [-0.1, -0.05) is 40.8 Å². The molecule has 146 valence electrons. The van der Waals surface area contributed by atoms with Gasteiger partial charge in [0.1, 0.15) is 17.1 Å². The number of carbonyl (C=O) groups is 1. The maximum atomic E-state index is 12.5. The molecular weight excluding hydrogens is 392 g/mol. The maximum Gasteiger partial charge on any atom is 0.277 e. The molecule has 10 heteroatoms. The first-order chi connectivity index (χ1) is 14.1. The first-order valence-corrected chi connectivity index (χ1v) is 9.50. The molecule has 2 aromatic heterocycles. The van der Waals surface area contributed by atoms with Crippen LogP contribution in [0.1, 0.15) is 20.9 Å². The molecule has 0 saturated heterocycles. The Hall–Kier alpha value is -3.50. The molecule has 0 spiro atoms.